The first-order valence-corrected chi connectivity index (χ1v) is 10.8. The Balaban J connectivity index is 1.49. The van der Waals surface area contributed by atoms with Gasteiger partial charge >= 0.3 is 0 Å². The van der Waals surface area contributed by atoms with Gasteiger partial charge in [-0.15, -0.1) is 0 Å². The number of para-hydroxylation sites is 1. The molecule has 0 fully saturated rings. The second-order valence-electron chi connectivity index (χ2n) is 7.84. The number of aryl methyl sites for hydroxylation is 2. The summed E-state index contributed by atoms with van der Waals surface area (Å²) in [5.74, 6) is 0.0147. The van der Waals surface area contributed by atoms with Gasteiger partial charge in [0.05, 0.1) is 29.0 Å². The molecule has 3 aromatic heterocycles. The lowest BCUT2D eigenvalue weighted by Gasteiger charge is -2.09. The van der Waals surface area contributed by atoms with Crippen molar-refractivity contribution >= 4 is 34.2 Å². The predicted molar refractivity (Wildman–Crippen MR) is 129 cm³/mol. The molecule has 0 saturated carbocycles. The lowest BCUT2D eigenvalue weighted by atomic mass is 10.0. The molecule has 0 unspecified atom stereocenters. The predicted octanol–water partition coefficient (Wildman–Crippen LogP) is 5.09. The molecule has 0 radical (unpaired) electrons. The molecule has 0 spiro atoms. The molecule has 8 heteroatoms. The minimum absolute atomic E-state index is 0.303. The number of anilines is 1. The standard InChI is InChI=1S/C25H21ClN6O/c1-16-20(14-31(2)29-16)23-12-19(18-10-6-7-11-22(18)27-23)25(33)28-24-21(26)15-32(30-24)13-17-8-4-3-5-9-17/h3-12,14-15H,13H2,1-2H3,(H,28,30,33). The zero-order valence-corrected chi connectivity index (χ0v) is 18.9. The van der Waals surface area contributed by atoms with Gasteiger partial charge in [-0.1, -0.05) is 60.1 Å². The third-order valence-electron chi connectivity index (χ3n) is 5.39. The highest BCUT2D eigenvalue weighted by Crippen LogP contribution is 2.28. The molecule has 164 valence electrons. The monoisotopic (exact) mass is 456 g/mol. The van der Waals surface area contributed by atoms with E-state index in [0.29, 0.717) is 28.6 Å². The second kappa shape index (κ2) is 8.52. The lowest BCUT2D eigenvalue weighted by Crippen LogP contribution is -2.14. The van der Waals surface area contributed by atoms with Crippen molar-refractivity contribution in [3.05, 3.63) is 94.9 Å². The van der Waals surface area contributed by atoms with Gasteiger partial charge < -0.3 is 5.32 Å². The number of amides is 1. The van der Waals surface area contributed by atoms with Crippen molar-refractivity contribution in [3.63, 3.8) is 0 Å². The second-order valence-corrected chi connectivity index (χ2v) is 8.24. The number of rotatable bonds is 5. The van der Waals surface area contributed by atoms with Crippen LogP contribution in [-0.4, -0.2) is 30.5 Å². The SMILES string of the molecule is Cc1nn(C)cc1-c1cc(C(=O)Nc2nn(Cc3ccccc3)cc2Cl)c2ccccc2n1. The minimum Gasteiger partial charge on any atom is -0.304 e. The van der Waals surface area contributed by atoms with Crippen molar-refractivity contribution in [3.8, 4) is 11.3 Å². The average Bonchev–Trinajstić information content (AvgIpc) is 3.33. The highest BCUT2D eigenvalue weighted by atomic mass is 35.5. The Morgan fingerprint density at radius 3 is 2.55 bits per heavy atom. The maximum absolute atomic E-state index is 13.4. The third kappa shape index (κ3) is 4.23. The van der Waals surface area contributed by atoms with Gasteiger partial charge in [0.25, 0.3) is 5.91 Å². The van der Waals surface area contributed by atoms with Gasteiger partial charge in [-0.25, -0.2) is 4.98 Å². The van der Waals surface area contributed by atoms with Crippen molar-refractivity contribution in [1.29, 1.82) is 0 Å². The van der Waals surface area contributed by atoms with E-state index in [-0.39, 0.29) is 5.91 Å². The molecule has 0 aliphatic heterocycles. The highest BCUT2D eigenvalue weighted by molar-refractivity contribution is 6.33. The average molecular weight is 457 g/mol. The van der Waals surface area contributed by atoms with Crippen LogP contribution in [0, 0.1) is 6.92 Å². The molecule has 5 aromatic rings. The first kappa shape index (κ1) is 20.9. The normalized spacial score (nSPS) is 11.1. The van der Waals surface area contributed by atoms with E-state index in [2.05, 4.69) is 15.5 Å². The summed E-state index contributed by atoms with van der Waals surface area (Å²) in [4.78, 5) is 18.1. The third-order valence-corrected chi connectivity index (χ3v) is 5.66. The molecule has 3 heterocycles. The number of benzene rings is 2. The van der Waals surface area contributed by atoms with Crippen molar-refractivity contribution in [2.24, 2.45) is 7.05 Å². The van der Waals surface area contributed by atoms with Crippen LogP contribution in [0.1, 0.15) is 21.6 Å². The van der Waals surface area contributed by atoms with Crippen LogP contribution in [0.2, 0.25) is 5.02 Å². The zero-order chi connectivity index (χ0) is 22.9. The molecule has 0 atom stereocenters. The van der Waals surface area contributed by atoms with Gasteiger partial charge in [0, 0.05) is 30.4 Å². The van der Waals surface area contributed by atoms with Gasteiger partial charge in [-0.05, 0) is 24.6 Å². The summed E-state index contributed by atoms with van der Waals surface area (Å²) in [6, 6.07) is 19.3. The molecule has 0 saturated heterocycles. The molecule has 5 rings (SSSR count). The van der Waals surface area contributed by atoms with Crippen molar-refractivity contribution in [2.75, 3.05) is 5.32 Å². The molecular formula is C25H21ClN6O. The molecule has 1 amide bonds. The fraction of sp³-hybridized carbons (Fsp3) is 0.120. The van der Waals surface area contributed by atoms with Crippen LogP contribution in [-0.2, 0) is 13.6 Å². The minimum atomic E-state index is -0.303. The Morgan fingerprint density at radius 2 is 1.79 bits per heavy atom. The van der Waals surface area contributed by atoms with Crippen LogP contribution in [0.4, 0.5) is 5.82 Å². The Hall–Kier alpha value is -3.97. The maximum atomic E-state index is 13.4. The van der Waals surface area contributed by atoms with Gasteiger partial charge in [0.2, 0.25) is 0 Å². The molecule has 7 nitrogen and oxygen atoms in total. The summed E-state index contributed by atoms with van der Waals surface area (Å²) >= 11 is 6.39. The topological polar surface area (TPSA) is 77.6 Å². The fourth-order valence-electron chi connectivity index (χ4n) is 3.86. The number of aromatic nitrogens is 5. The van der Waals surface area contributed by atoms with E-state index in [0.717, 1.165) is 27.7 Å². The zero-order valence-electron chi connectivity index (χ0n) is 18.2. The Morgan fingerprint density at radius 1 is 1.03 bits per heavy atom. The number of fused-ring (bicyclic) bond motifs is 1. The number of nitrogens with one attached hydrogen (secondary N) is 1. The van der Waals surface area contributed by atoms with Crippen LogP contribution >= 0.6 is 11.6 Å². The highest BCUT2D eigenvalue weighted by Gasteiger charge is 2.18. The van der Waals surface area contributed by atoms with Crippen molar-refractivity contribution in [1.82, 2.24) is 24.5 Å². The van der Waals surface area contributed by atoms with Crippen LogP contribution in [0.25, 0.3) is 22.2 Å². The Bertz CT molecular complexity index is 1470. The van der Waals surface area contributed by atoms with Crippen LogP contribution in [0.3, 0.4) is 0 Å². The number of nitrogens with zero attached hydrogens (tertiary/aromatic N) is 5. The van der Waals surface area contributed by atoms with E-state index in [1.54, 1.807) is 21.6 Å². The summed E-state index contributed by atoms with van der Waals surface area (Å²) in [6.07, 6.45) is 3.61. The van der Waals surface area contributed by atoms with Crippen molar-refractivity contribution < 1.29 is 4.79 Å². The van der Waals surface area contributed by atoms with Crippen LogP contribution in [0.15, 0.2) is 73.1 Å². The van der Waals surface area contributed by atoms with Gasteiger partial charge in [-0.3, -0.25) is 14.2 Å². The summed E-state index contributed by atoms with van der Waals surface area (Å²) in [5, 5.41) is 12.9. The van der Waals surface area contributed by atoms with Crippen LogP contribution in [0.5, 0.6) is 0 Å². The Labute approximate surface area is 195 Å². The molecule has 1 N–H and O–H groups in total. The lowest BCUT2D eigenvalue weighted by molar-refractivity contribution is 0.102. The smallest absolute Gasteiger partial charge is 0.257 e. The van der Waals surface area contributed by atoms with Gasteiger partial charge in [0.1, 0.15) is 5.02 Å². The molecule has 0 aliphatic carbocycles. The summed E-state index contributed by atoms with van der Waals surface area (Å²) < 4.78 is 3.45. The van der Waals surface area contributed by atoms with E-state index in [4.69, 9.17) is 16.6 Å². The molecule has 0 aliphatic rings. The Kier molecular flexibility index (Phi) is 5.40. The first-order chi connectivity index (χ1) is 16.0. The number of carbonyl (C=O) groups is 1. The number of hydrogen-bond donors (Lipinski definition) is 1. The molecule has 0 bridgehead atoms. The summed E-state index contributed by atoms with van der Waals surface area (Å²) in [7, 11) is 1.86. The molecule has 33 heavy (non-hydrogen) atoms. The number of hydrogen-bond acceptors (Lipinski definition) is 4. The molecular weight excluding hydrogens is 436 g/mol. The number of pyridine rings is 1. The summed E-state index contributed by atoms with van der Waals surface area (Å²) in [5.41, 5.74) is 4.71. The molecule has 2 aromatic carbocycles. The van der Waals surface area contributed by atoms with Crippen LogP contribution < -0.4 is 5.32 Å². The first-order valence-electron chi connectivity index (χ1n) is 10.5. The fourth-order valence-corrected chi connectivity index (χ4v) is 4.06. The van der Waals surface area contributed by atoms with E-state index >= 15 is 0 Å². The quantitative estimate of drug-likeness (QED) is 0.399. The van der Waals surface area contributed by atoms with E-state index < -0.39 is 0 Å². The largest absolute Gasteiger partial charge is 0.304 e. The van der Waals surface area contributed by atoms with E-state index in [1.807, 2.05) is 74.8 Å². The van der Waals surface area contributed by atoms with Gasteiger partial charge in [0.15, 0.2) is 5.82 Å². The van der Waals surface area contributed by atoms with E-state index in [1.165, 1.54) is 0 Å². The number of carbonyl (C=O) groups excluding carboxylic acids is 1. The number of halogens is 1. The van der Waals surface area contributed by atoms with Crippen molar-refractivity contribution in [2.45, 2.75) is 13.5 Å². The van der Waals surface area contributed by atoms with E-state index in [9.17, 15) is 4.79 Å². The van der Waals surface area contributed by atoms with Gasteiger partial charge in [-0.2, -0.15) is 10.2 Å². The maximum Gasteiger partial charge on any atom is 0.257 e. The summed E-state index contributed by atoms with van der Waals surface area (Å²) in [6.45, 7) is 2.48.